The van der Waals surface area contributed by atoms with E-state index < -0.39 is 11.4 Å². The summed E-state index contributed by atoms with van der Waals surface area (Å²) in [5.74, 6) is -0.394. The summed E-state index contributed by atoms with van der Waals surface area (Å²) in [6.45, 7) is 1.59. The molecule has 0 unspecified atom stereocenters. The van der Waals surface area contributed by atoms with Crippen molar-refractivity contribution in [1.82, 2.24) is 9.97 Å². The Morgan fingerprint density at radius 1 is 1.47 bits per heavy atom. The van der Waals surface area contributed by atoms with Crippen LogP contribution in [0.15, 0.2) is 28.2 Å². The number of H-pyrrole nitrogens is 1. The molecule has 19 heavy (non-hydrogen) atoms. The zero-order valence-electron chi connectivity index (χ0n) is 10.3. The SMILES string of the molecule is CSc1nc(-c2cccc(F)c2C)c(C#N)c(=O)[nH]1. The van der Waals surface area contributed by atoms with Crippen LogP contribution in [0.3, 0.4) is 0 Å². The number of hydrogen-bond donors (Lipinski definition) is 1. The number of rotatable bonds is 2. The van der Waals surface area contributed by atoms with E-state index in [1.165, 1.54) is 23.9 Å². The van der Waals surface area contributed by atoms with Gasteiger partial charge in [0, 0.05) is 5.56 Å². The molecule has 1 heterocycles. The van der Waals surface area contributed by atoms with Crippen molar-refractivity contribution in [3.05, 3.63) is 45.5 Å². The zero-order chi connectivity index (χ0) is 14.0. The van der Waals surface area contributed by atoms with Crippen molar-refractivity contribution < 1.29 is 4.39 Å². The Bertz CT molecular complexity index is 734. The number of hydrogen-bond acceptors (Lipinski definition) is 4. The van der Waals surface area contributed by atoms with Gasteiger partial charge in [-0.3, -0.25) is 4.79 Å². The summed E-state index contributed by atoms with van der Waals surface area (Å²) < 4.78 is 13.6. The predicted octanol–water partition coefficient (Wildman–Crippen LogP) is 2.48. The molecule has 0 aliphatic rings. The van der Waals surface area contributed by atoms with Gasteiger partial charge in [-0.15, -0.1) is 0 Å². The molecule has 0 spiro atoms. The number of thioether (sulfide) groups is 1. The number of nitrogens with zero attached hydrogens (tertiary/aromatic N) is 2. The molecule has 0 saturated heterocycles. The van der Waals surface area contributed by atoms with Crippen molar-refractivity contribution in [3.8, 4) is 17.3 Å². The molecule has 0 aliphatic heterocycles. The lowest BCUT2D eigenvalue weighted by molar-refractivity contribution is 0.619. The summed E-state index contributed by atoms with van der Waals surface area (Å²) in [6, 6.07) is 6.32. The molecule has 6 heteroatoms. The van der Waals surface area contributed by atoms with Gasteiger partial charge in [-0.2, -0.15) is 5.26 Å². The highest BCUT2D eigenvalue weighted by Gasteiger charge is 2.16. The second kappa shape index (κ2) is 5.24. The van der Waals surface area contributed by atoms with Crippen LogP contribution in [0.5, 0.6) is 0 Å². The number of nitriles is 1. The molecule has 0 fully saturated rings. The Labute approximate surface area is 113 Å². The minimum absolute atomic E-state index is 0.105. The number of aromatic nitrogens is 2. The summed E-state index contributed by atoms with van der Waals surface area (Å²) in [6.07, 6.45) is 1.76. The highest BCUT2D eigenvalue weighted by atomic mass is 32.2. The van der Waals surface area contributed by atoms with Crippen LogP contribution in [0.4, 0.5) is 4.39 Å². The first-order chi connectivity index (χ1) is 9.08. The molecule has 2 aromatic rings. The fraction of sp³-hybridized carbons (Fsp3) is 0.154. The van der Waals surface area contributed by atoms with Gasteiger partial charge >= 0.3 is 0 Å². The van der Waals surface area contributed by atoms with E-state index in [-0.39, 0.29) is 11.3 Å². The van der Waals surface area contributed by atoms with E-state index in [1.54, 1.807) is 19.2 Å². The van der Waals surface area contributed by atoms with Crippen LogP contribution in [0.2, 0.25) is 0 Å². The molecule has 1 aromatic heterocycles. The minimum atomic E-state index is -0.513. The van der Waals surface area contributed by atoms with E-state index in [4.69, 9.17) is 5.26 Å². The lowest BCUT2D eigenvalue weighted by Crippen LogP contribution is -2.15. The number of halogens is 1. The summed E-state index contributed by atoms with van der Waals surface area (Å²) in [4.78, 5) is 18.5. The van der Waals surface area contributed by atoms with Crippen molar-refractivity contribution in [2.75, 3.05) is 6.26 Å². The first-order valence-electron chi connectivity index (χ1n) is 5.42. The van der Waals surface area contributed by atoms with E-state index in [9.17, 15) is 9.18 Å². The highest BCUT2D eigenvalue weighted by Crippen LogP contribution is 2.25. The second-order valence-corrected chi connectivity index (χ2v) is 4.62. The van der Waals surface area contributed by atoms with Gasteiger partial charge in [-0.05, 0) is 24.8 Å². The van der Waals surface area contributed by atoms with E-state index in [0.717, 1.165) is 0 Å². The van der Waals surface area contributed by atoms with Crippen molar-refractivity contribution in [2.45, 2.75) is 12.1 Å². The topological polar surface area (TPSA) is 69.5 Å². The van der Waals surface area contributed by atoms with Crippen molar-refractivity contribution >= 4 is 11.8 Å². The Morgan fingerprint density at radius 3 is 2.84 bits per heavy atom. The molecule has 0 saturated carbocycles. The third kappa shape index (κ3) is 2.37. The largest absolute Gasteiger partial charge is 0.300 e. The Hall–Kier alpha value is -2.13. The quantitative estimate of drug-likeness (QED) is 0.675. The van der Waals surface area contributed by atoms with Crippen LogP contribution in [0.25, 0.3) is 11.3 Å². The lowest BCUT2D eigenvalue weighted by atomic mass is 10.0. The average Bonchev–Trinajstić information content (AvgIpc) is 2.41. The van der Waals surface area contributed by atoms with Gasteiger partial charge in [-0.25, -0.2) is 9.37 Å². The normalized spacial score (nSPS) is 10.2. The molecule has 0 bridgehead atoms. The molecular formula is C13H10FN3OS. The maximum absolute atomic E-state index is 13.6. The first-order valence-corrected chi connectivity index (χ1v) is 6.65. The van der Waals surface area contributed by atoms with Gasteiger partial charge in [0.25, 0.3) is 5.56 Å². The maximum Gasteiger partial charge on any atom is 0.270 e. The summed E-state index contributed by atoms with van der Waals surface area (Å²) in [7, 11) is 0. The second-order valence-electron chi connectivity index (χ2n) is 3.82. The molecule has 0 atom stereocenters. The number of aromatic amines is 1. The smallest absolute Gasteiger partial charge is 0.270 e. The zero-order valence-corrected chi connectivity index (χ0v) is 11.1. The van der Waals surface area contributed by atoms with Crippen molar-refractivity contribution in [3.63, 3.8) is 0 Å². The number of benzene rings is 1. The highest BCUT2D eigenvalue weighted by molar-refractivity contribution is 7.98. The third-order valence-corrected chi connectivity index (χ3v) is 3.31. The summed E-state index contributed by atoms with van der Waals surface area (Å²) in [5.41, 5.74) is 0.418. The third-order valence-electron chi connectivity index (χ3n) is 2.73. The Balaban J connectivity index is 2.81. The summed E-state index contributed by atoms with van der Waals surface area (Å²) in [5, 5.41) is 9.47. The van der Waals surface area contributed by atoms with Gasteiger partial charge < -0.3 is 4.98 Å². The van der Waals surface area contributed by atoms with Gasteiger partial charge in [0.1, 0.15) is 17.4 Å². The number of nitrogens with one attached hydrogen (secondary N) is 1. The van der Waals surface area contributed by atoms with E-state index in [0.29, 0.717) is 16.3 Å². The fourth-order valence-corrected chi connectivity index (χ4v) is 2.09. The monoisotopic (exact) mass is 275 g/mol. The Kier molecular flexibility index (Phi) is 3.67. The molecular weight excluding hydrogens is 265 g/mol. The van der Waals surface area contributed by atoms with Gasteiger partial charge in [-0.1, -0.05) is 23.9 Å². The van der Waals surface area contributed by atoms with Crippen LogP contribution in [0, 0.1) is 24.1 Å². The van der Waals surface area contributed by atoms with Gasteiger partial charge in [0.2, 0.25) is 0 Å². The molecule has 1 aromatic carbocycles. The summed E-state index contributed by atoms with van der Waals surface area (Å²) >= 11 is 1.25. The average molecular weight is 275 g/mol. The maximum atomic E-state index is 13.6. The fourth-order valence-electron chi connectivity index (χ4n) is 1.71. The van der Waals surface area contributed by atoms with Gasteiger partial charge in [0.15, 0.2) is 5.16 Å². The predicted molar refractivity (Wildman–Crippen MR) is 71.5 cm³/mol. The molecule has 2 rings (SSSR count). The van der Waals surface area contributed by atoms with Crippen molar-refractivity contribution in [1.29, 1.82) is 5.26 Å². The first kappa shape index (κ1) is 13.3. The molecule has 0 amide bonds. The van der Waals surface area contributed by atoms with Crippen LogP contribution < -0.4 is 5.56 Å². The van der Waals surface area contributed by atoms with Crippen LogP contribution in [0.1, 0.15) is 11.1 Å². The molecule has 0 aliphatic carbocycles. The molecule has 4 nitrogen and oxygen atoms in total. The van der Waals surface area contributed by atoms with Crippen LogP contribution in [-0.2, 0) is 0 Å². The standard InChI is InChI=1S/C13H10FN3OS/c1-7-8(4-3-5-10(7)14)11-9(6-15)12(18)17-13(16-11)19-2/h3-5H,1-2H3,(H,16,17,18). The van der Waals surface area contributed by atoms with Crippen LogP contribution in [-0.4, -0.2) is 16.2 Å². The molecule has 1 N–H and O–H groups in total. The molecule has 96 valence electrons. The lowest BCUT2D eigenvalue weighted by Gasteiger charge is -2.08. The van der Waals surface area contributed by atoms with Gasteiger partial charge in [0.05, 0.1) is 5.69 Å². The van der Waals surface area contributed by atoms with Crippen molar-refractivity contribution in [2.24, 2.45) is 0 Å². The van der Waals surface area contributed by atoms with E-state index in [2.05, 4.69) is 9.97 Å². The molecule has 0 radical (unpaired) electrons. The Morgan fingerprint density at radius 2 is 2.21 bits per heavy atom. The van der Waals surface area contributed by atoms with E-state index in [1.807, 2.05) is 6.07 Å². The minimum Gasteiger partial charge on any atom is -0.300 e. The van der Waals surface area contributed by atoms with Crippen LogP contribution >= 0.6 is 11.8 Å². The van der Waals surface area contributed by atoms with E-state index >= 15 is 0 Å².